The van der Waals surface area contributed by atoms with Crippen LogP contribution in [0.3, 0.4) is 0 Å². The van der Waals surface area contributed by atoms with Crippen LogP contribution in [0.2, 0.25) is 0 Å². The highest BCUT2D eigenvalue weighted by atomic mass is 16.6. The van der Waals surface area contributed by atoms with Gasteiger partial charge >= 0.3 is 6.09 Å². The number of hydrogen-bond acceptors (Lipinski definition) is 8. The minimum Gasteiger partial charge on any atom is -0.444 e. The maximum absolute atomic E-state index is 12.1. The second-order valence-corrected chi connectivity index (χ2v) is 14.3. The van der Waals surface area contributed by atoms with Gasteiger partial charge in [-0.3, -0.25) is 14.9 Å². The molecule has 4 heterocycles. The van der Waals surface area contributed by atoms with Crippen molar-refractivity contribution in [2.24, 2.45) is 0 Å². The molecule has 0 bridgehead atoms. The number of carbonyl (C=O) groups is 3. The van der Waals surface area contributed by atoms with Gasteiger partial charge in [-0.1, -0.05) is 24.3 Å². The standard InChI is InChI=1S/C38H47N7O4/c1-25-20-29(7-8-30(25)22-39-37(48)49-38(2,3)4)35-33-21-26(23-45(33)41-24-40-35)6-5-17-44-18-15-28(16-19-44)27-9-11-31(12-10-27)42-32-13-14-34(46)43-36(32)47/h7-12,20-21,23-24,28,32,42H,5-6,13-19,22H2,1-4H3,(H,39,48)(H,43,46,47). The third-order valence-corrected chi connectivity index (χ3v) is 9.39. The van der Waals surface area contributed by atoms with Crippen LogP contribution in [0.5, 0.6) is 0 Å². The van der Waals surface area contributed by atoms with Gasteiger partial charge in [0, 0.05) is 30.4 Å². The molecule has 6 rings (SSSR count). The van der Waals surface area contributed by atoms with Crippen molar-refractivity contribution in [3.05, 3.63) is 83.3 Å². The molecule has 258 valence electrons. The second kappa shape index (κ2) is 14.8. The van der Waals surface area contributed by atoms with Crippen LogP contribution in [0.15, 0.2) is 61.1 Å². The molecule has 0 spiro atoms. The maximum atomic E-state index is 12.1. The Morgan fingerprint density at radius 2 is 1.82 bits per heavy atom. The molecule has 11 nitrogen and oxygen atoms in total. The van der Waals surface area contributed by atoms with Crippen LogP contribution in [0.1, 0.15) is 81.0 Å². The number of fused-ring (bicyclic) bond motifs is 1. The number of hydrogen-bond donors (Lipinski definition) is 3. The van der Waals surface area contributed by atoms with Gasteiger partial charge in [0.05, 0.1) is 11.2 Å². The van der Waals surface area contributed by atoms with Gasteiger partial charge in [0.2, 0.25) is 11.8 Å². The van der Waals surface area contributed by atoms with E-state index in [1.807, 2.05) is 56.5 Å². The van der Waals surface area contributed by atoms with Crippen LogP contribution < -0.4 is 16.0 Å². The summed E-state index contributed by atoms with van der Waals surface area (Å²) in [4.78, 5) is 42.8. The zero-order chi connectivity index (χ0) is 34.5. The number of benzene rings is 2. The molecule has 3 amide bonds. The number of nitrogens with one attached hydrogen (secondary N) is 3. The molecule has 2 fully saturated rings. The summed E-state index contributed by atoms with van der Waals surface area (Å²) >= 11 is 0. The van der Waals surface area contributed by atoms with Gasteiger partial charge in [0.1, 0.15) is 18.0 Å². The Morgan fingerprint density at radius 1 is 1.04 bits per heavy atom. The third-order valence-electron chi connectivity index (χ3n) is 9.39. The summed E-state index contributed by atoms with van der Waals surface area (Å²) in [5, 5.41) is 13.0. The summed E-state index contributed by atoms with van der Waals surface area (Å²) in [6, 6.07) is 16.5. The Bertz CT molecular complexity index is 1800. The Morgan fingerprint density at radius 3 is 2.53 bits per heavy atom. The molecular formula is C38H47N7O4. The van der Waals surface area contributed by atoms with Crippen molar-refractivity contribution in [1.82, 2.24) is 30.1 Å². The first kappa shape index (κ1) is 34.1. The molecule has 2 saturated heterocycles. The summed E-state index contributed by atoms with van der Waals surface area (Å²) in [7, 11) is 0. The van der Waals surface area contributed by atoms with Crippen molar-refractivity contribution in [3.8, 4) is 11.3 Å². The van der Waals surface area contributed by atoms with E-state index in [0.717, 1.165) is 78.9 Å². The number of rotatable bonds is 10. The van der Waals surface area contributed by atoms with Gasteiger partial charge in [-0.05, 0) is 132 Å². The fraction of sp³-hybridized carbons (Fsp3) is 0.447. The van der Waals surface area contributed by atoms with Crippen molar-refractivity contribution in [2.75, 3.05) is 25.0 Å². The number of anilines is 1. The van der Waals surface area contributed by atoms with Crippen LogP contribution in [-0.2, 0) is 27.3 Å². The van der Waals surface area contributed by atoms with E-state index in [0.29, 0.717) is 25.3 Å². The average molecular weight is 666 g/mol. The van der Waals surface area contributed by atoms with Gasteiger partial charge in [-0.15, -0.1) is 0 Å². The SMILES string of the molecule is Cc1cc(-c2ncnn3cc(CCCN4CCC(c5ccc(NC6CCC(=O)NC6=O)cc5)CC4)cc23)ccc1CNC(=O)OC(C)(C)C. The number of aryl methyl sites for hydroxylation is 2. The Hall–Kier alpha value is -4.77. The minimum atomic E-state index is -0.535. The number of nitrogens with zero attached hydrogens (tertiary/aromatic N) is 4. The number of alkyl carbamates (subject to hydrolysis) is 1. The van der Waals surface area contributed by atoms with Gasteiger partial charge in [0.15, 0.2) is 0 Å². The van der Waals surface area contributed by atoms with Gasteiger partial charge in [0.25, 0.3) is 0 Å². The number of piperidine rings is 2. The molecule has 1 atom stereocenters. The number of ether oxygens (including phenoxy) is 1. The normalized spacial score (nSPS) is 17.6. The molecule has 0 radical (unpaired) electrons. The van der Waals surface area contributed by atoms with E-state index >= 15 is 0 Å². The molecule has 0 saturated carbocycles. The summed E-state index contributed by atoms with van der Waals surface area (Å²) < 4.78 is 7.28. The van der Waals surface area contributed by atoms with Gasteiger partial charge < -0.3 is 20.3 Å². The first-order valence-electron chi connectivity index (χ1n) is 17.3. The van der Waals surface area contributed by atoms with Crippen LogP contribution in [0.25, 0.3) is 16.8 Å². The van der Waals surface area contributed by atoms with E-state index in [1.165, 1.54) is 11.1 Å². The number of imide groups is 1. The van der Waals surface area contributed by atoms with Crippen LogP contribution in [0, 0.1) is 6.92 Å². The lowest BCUT2D eigenvalue weighted by atomic mass is 9.89. The van der Waals surface area contributed by atoms with E-state index in [-0.39, 0.29) is 17.9 Å². The van der Waals surface area contributed by atoms with E-state index in [2.05, 4.69) is 61.4 Å². The van der Waals surface area contributed by atoms with Crippen molar-refractivity contribution in [3.63, 3.8) is 0 Å². The highest BCUT2D eigenvalue weighted by Gasteiger charge is 2.26. The van der Waals surface area contributed by atoms with Crippen LogP contribution in [0.4, 0.5) is 10.5 Å². The lowest BCUT2D eigenvalue weighted by Crippen LogP contribution is -2.47. The lowest BCUT2D eigenvalue weighted by molar-refractivity contribution is -0.133. The first-order valence-corrected chi connectivity index (χ1v) is 17.3. The molecule has 3 N–H and O–H groups in total. The fourth-order valence-electron chi connectivity index (χ4n) is 6.75. The van der Waals surface area contributed by atoms with Crippen LogP contribution in [-0.4, -0.2) is 68.7 Å². The molecular weight excluding hydrogens is 618 g/mol. The van der Waals surface area contributed by atoms with Crippen molar-refractivity contribution in [1.29, 1.82) is 0 Å². The molecule has 2 aromatic heterocycles. The predicted molar refractivity (Wildman–Crippen MR) is 189 cm³/mol. The highest BCUT2D eigenvalue weighted by molar-refractivity contribution is 6.01. The number of likely N-dealkylation sites (tertiary alicyclic amines) is 1. The number of aromatic nitrogens is 3. The number of amides is 3. The molecule has 4 aromatic rings. The quantitative estimate of drug-likeness (QED) is 0.183. The molecule has 2 aliphatic heterocycles. The third kappa shape index (κ3) is 8.83. The lowest BCUT2D eigenvalue weighted by Gasteiger charge is -2.32. The van der Waals surface area contributed by atoms with E-state index < -0.39 is 11.7 Å². The second-order valence-electron chi connectivity index (χ2n) is 14.3. The molecule has 2 aromatic carbocycles. The van der Waals surface area contributed by atoms with Crippen LogP contribution >= 0.6 is 0 Å². The summed E-state index contributed by atoms with van der Waals surface area (Å²) in [6.45, 7) is 11.2. The number of carbonyl (C=O) groups excluding carboxylic acids is 3. The fourth-order valence-corrected chi connectivity index (χ4v) is 6.75. The summed E-state index contributed by atoms with van der Waals surface area (Å²) in [5.74, 6) is 0.0874. The molecule has 49 heavy (non-hydrogen) atoms. The maximum Gasteiger partial charge on any atom is 0.407 e. The monoisotopic (exact) mass is 665 g/mol. The first-order chi connectivity index (χ1) is 23.5. The molecule has 11 heteroatoms. The minimum absolute atomic E-state index is 0.199. The van der Waals surface area contributed by atoms with E-state index in [4.69, 9.17) is 4.74 Å². The summed E-state index contributed by atoms with van der Waals surface area (Å²) in [6.07, 6.45) is 8.48. The predicted octanol–water partition coefficient (Wildman–Crippen LogP) is 5.76. The van der Waals surface area contributed by atoms with Gasteiger partial charge in [-0.2, -0.15) is 5.10 Å². The van der Waals surface area contributed by atoms with E-state index in [9.17, 15) is 14.4 Å². The Labute approximate surface area is 287 Å². The zero-order valence-electron chi connectivity index (χ0n) is 28.9. The largest absolute Gasteiger partial charge is 0.444 e. The van der Waals surface area contributed by atoms with Gasteiger partial charge in [-0.25, -0.2) is 14.3 Å². The van der Waals surface area contributed by atoms with Crippen molar-refractivity contribution >= 4 is 29.1 Å². The van der Waals surface area contributed by atoms with Crippen molar-refractivity contribution in [2.45, 2.75) is 90.3 Å². The topological polar surface area (TPSA) is 130 Å². The Kier molecular flexibility index (Phi) is 10.3. The zero-order valence-corrected chi connectivity index (χ0v) is 28.9. The molecule has 2 aliphatic rings. The molecule has 0 aliphatic carbocycles. The van der Waals surface area contributed by atoms with Crippen molar-refractivity contribution < 1.29 is 19.1 Å². The molecule has 1 unspecified atom stereocenters. The highest BCUT2D eigenvalue weighted by Crippen LogP contribution is 2.30. The average Bonchev–Trinajstić information content (AvgIpc) is 3.49. The Balaban J connectivity index is 0.977. The van der Waals surface area contributed by atoms with E-state index in [1.54, 1.807) is 6.33 Å². The smallest absolute Gasteiger partial charge is 0.407 e. The summed E-state index contributed by atoms with van der Waals surface area (Å²) in [5.41, 5.74) is 7.94.